The van der Waals surface area contributed by atoms with Crippen LogP contribution in [0.1, 0.15) is 26.3 Å². The van der Waals surface area contributed by atoms with Crippen molar-refractivity contribution in [3.05, 3.63) is 29.8 Å². The first-order valence-corrected chi connectivity index (χ1v) is 6.63. The largest absolute Gasteiger partial charge is 0.476 e. The molecule has 0 spiro atoms. The molecule has 0 unspecified atom stereocenters. The van der Waals surface area contributed by atoms with Crippen molar-refractivity contribution in [1.82, 2.24) is 0 Å². The van der Waals surface area contributed by atoms with E-state index in [0.29, 0.717) is 12.4 Å². The Morgan fingerprint density at radius 1 is 1.41 bits per heavy atom. The first-order chi connectivity index (χ1) is 7.99. The van der Waals surface area contributed by atoms with E-state index < -0.39 is 5.60 Å². The maximum Gasteiger partial charge on any atom is 0.349 e. The predicted octanol–water partition coefficient (Wildman–Crippen LogP) is 3.30. The summed E-state index contributed by atoms with van der Waals surface area (Å²) in [7, 11) is 0. The molecule has 0 heterocycles. The molecule has 0 amide bonds. The summed E-state index contributed by atoms with van der Waals surface area (Å²) in [5.74, 6) is 0.309. The highest BCUT2D eigenvalue weighted by Gasteiger charge is 2.31. The molecule has 1 rings (SSSR count). The predicted molar refractivity (Wildman–Crippen MR) is 70.4 cm³/mol. The van der Waals surface area contributed by atoms with Crippen molar-refractivity contribution in [3.8, 4) is 5.75 Å². The fourth-order valence-electron chi connectivity index (χ4n) is 1.33. The number of rotatable bonds is 5. The van der Waals surface area contributed by atoms with Crippen molar-refractivity contribution in [2.24, 2.45) is 0 Å². The lowest BCUT2D eigenvalue weighted by atomic mass is 10.1. The van der Waals surface area contributed by atoms with Crippen LogP contribution < -0.4 is 4.74 Å². The summed E-state index contributed by atoms with van der Waals surface area (Å²) in [6, 6.07) is 7.61. The first-order valence-electron chi connectivity index (χ1n) is 5.50. The average Bonchev–Trinajstić information content (AvgIpc) is 2.29. The van der Waals surface area contributed by atoms with Gasteiger partial charge in [-0.3, -0.25) is 0 Å². The maximum absolute atomic E-state index is 11.7. The molecule has 94 valence electrons. The SMILES string of the molecule is CCOC(=O)C(C)(C)Oc1cccc(CBr)c1. The number of carbonyl (C=O) groups is 1. The quantitative estimate of drug-likeness (QED) is 0.618. The first kappa shape index (κ1) is 14.0. The van der Waals surface area contributed by atoms with Gasteiger partial charge in [0.1, 0.15) is 5.75 Å². The Labute approximate surface area is 110 Å². The molecule has 4 heteroatoms. The van der Waals surface area contributed by atoms with Gasteiger partial charge in [-0.1, -0.05) is 28.1 Å². The standard InChI is InChI=1S/C13H17BrO3/c1-4-16-12(15)13(2,3)17-11-7-5-6-10(8-11)9-14/h5-8H,4,9H2,1-3H3. The highest BCUT2D eigenvalue weighted by Crippen LogP contribution is 2.21. The summed E-state index contributed by atoms with van der Waals surface area (Å²) < 4.78 is 10.6. The summed E-state index contributed by atoms with van der Waals surface area (Å²) in [6.45, 7) is 5.53. The number of esters is 1. The normalized spacial score (nSPS) is 11.1. The van der Waals surface area contributed by atoms with Gasteiger partial charge in [-0.05, 0) is 38.5 Å². The number of halogens is 1. The van der Waals surface area contributed by atoms with Crippen molar-refractivity contribution in [3.63, 3.8) is 0 Å². The number of hydrogen-bond acceptors (Lipinski definition) is 3. The van der Waals surface area contributed by atoms with Gasteiger partial charge in [-0.2, -0.15) is 0 Å². The van der Waals surface area contributed by atoms with E-state index in [0.717, 1.165) is 10.9 Å². The molecule has 0 atom stereocenters. The molecule has 1 aromatic rings. The third kappa shape index (κ3) is 4.04. The zero-order valence-corrected chi connectivity index (χ0v) is 11.9. The van der Waals surface area contributed by atoms with Gasteiger partial charge in [0.2, 0.25) is 0 Å². The fourth-order valence-corrected chi connectivity index (χ4v) is 1.68. The lowest BCUT2D eigenvalue weighted by Gasteiger charge is -2.24. The monoisotopic (exact) mass is 300 g/mol. The van der Waals surface area contributed by atoms with E-state index >= 15 is 0 Å². The Morgan fingerprint density at radius 3 is 2.71 bits per heavy atom. The molecule has 0 bridgehead atoms. The highest BCUT2D eigenvalue weighted by molar-refractivity contribution is 9.08. The maximum atomic E-state index is 11.7. The van der Waals surface area contributed by atoms with E-state index in [-0.39, 0.29) is 5.97 Å². The van der Waals surface area contributed by atoms with Crippen molar-refractivity contribution in [2.45, 2.75) is 31.7 Å². The zero-order valence-electron chi connectivity index (χ0n) is 10.3. The van der Waals surface area contributed by atoms with Gasteiger partial charge in [0.15, 0.2) is 5.60 Å². The highest BCUT2D eigenvalue weighted by atomic mass is 79.9. The second-order valence-corrected chi connectivity index (χ2v) is 4.67. The molecule has 17 heavy (non-hydrogen) atoms. The molecule has 0 saturated heterocycles. The number of carbonyl (C=O) groups excluding carboxylic acids is 1. The molecule has 0 aliphatic heterocycles. The van der Waals surface area contributed by atoms with Crippen molar-refractivity contribution >= 4 is 21.9 Å². The Balaban J connectivity index is 2.78. The van der Waals surface area contributed by atoms with Gasteiger partial charge < -0.3 is 9.47 Å². The topological polar surface area (TPSA) is 35.5 Å². The van der Waals surface area contributed by atoms with Crippen LogP contribution in [0.15, 0.2) is 24.3 Å². The van der Waals surface area contributed by atoms with Gasteiger partial charge in [0, 0.05) is 5.33 Å². The number of ether oxygens (including phenoxy) is 2. The van der Waals surface area contributed by atoms with E-state index in [1.54, 1.807) is 20.8 Å². The Morgan fingerprint density at radius 2 is 2.12 bits per heavy atom. The number of hydrogen-bond donors (Lipinski definition) is 0. The summed E-state index contributed by atoms with van der Waals surface area (Å²) in [6.07, 6.45) is 0. The van der Waals surface area contributed by atoms with Crippen molar-refractivity contribution in [1.29, 1.82) is 0 Å². The van der Waals surface area contributed by atoms with Gasteiger partial charge in [0.25, 0.3) is 0 Å². The molecule has 0 radical (unpaired) electrons. The summed E-state index contributed by atoms with van der Waals surface area (Å²) in [5.41, 5.74) is 0.128. The van der Waals surface area contributed by atoms with Crippen LogP contribution >= 0.6 is 15.9 Å². The van der Waals surface area contributed by atoms with Crippen LogP contribution in [0.4, 0.5) is 0 Å². The van der Waals surface area contributed by atoms with E-state index in [1.165, 1.54) is 0 Å². The van der Waals surface area contributed by atoms with E-state index in [9.17, 15) is 4.79 Å². The van der Waals surface area contributed by atoms with Gasteiger partial charge in [-0.15, -0.1) is 0 Å². The summed E-state index contributed by atoms with van der Waals surface area (Å²) in [5, 5.41) is 0.754. The van der Waals surface area contributed by atoms with Gasteiger partial charge in [0.05, 0.1) is 6.61 Å². The summed E-state index contributed by atoms with van der Waals surface area (Å²) >= 11 is 3.38. The van der Waals surface area contributed by atoms with Crippen molar-refractivity contribution < 1.29 is 14.3 Å². The van der Waals surface area contributed by atoms with E-state index in [4.69, 9.17) is 9.47 Å². The molecule has 0 fully saturated rings. The zero-order chi connectivity index (χ0) is 12.9. The second kappa shape index (κ2) is 6.05. The van der Waals surface area contributed by atoms with E-state index in [2.05, 4.69) is 15.9 Å². The number of alkyl halides is 1. The molecular weight excluding hydrogens is 284 g/mol. The van der Waals surface area contributed by atoms with Gasteiger partial charge >= 0.3 is 5.97 Å². The molecular formula is C13H17BrO3. The molecule has 0 N–H and O–H groups in total. The number of benzene rings is 1. The average molecular weight is 301 g/mol. The lowest BCUT2D eigenvalue weighted by molar-refractivity contribution is -0.158. The van der Waals surface area contributed by atoms with Crippen LogP contribution in [0.3, 0.4) is 0 Å². The van der Waals surface area contributed by atoms with Gasteiger partial charge in [-0.25, -0.2) is 4.79 Å². The molecule has 0 saturated carbocycles. The van der Waals surface area contributed by atoms with Crippen LogP contribution in [-0.4, -0.2) is 18.2 Å². The van der Waals surface area contributed by atoms with Crippen LogP contribution in [0, 0.1) is 0 Å². The third-order valence-corrected chi connectivity index (χ3v) is 2.84. The Kier molecular flexibility index (Phi) is 5.00. The van der Waals surface area contributed by atoms with Crippen molar-refractivity contribution in [2.75, 3.05) is 6.61 Å². The molecule has 0 aromatic heterocycles. The minimum Gasteiger partial charge on any atom is -0.476 e. The van der Waals surface area contributed by atoms with Crippen LogP contribution in [0.5, 0.6) is 5.75 Å². The molecule has 0 aliphatic carbocycles. The van der Waals surface area contributed by atoms with Crippen LogP contribution in [0.2, 0.25) is 0 Å². The Bertz CT molecular complexity index is 388. The smallest absolute Gasteiger partial charge is 0.349 e. The molecule has 0 aliphatic rings. The van der Waals surface area contributed by atoms with Crippen LogP contribution in [0.25, 0.3) is 0 Å². The summed E-state index contributed by atoms with van der Waals surface area (Å²) in [4.78, 5) is 11.7. The second-order valence-electron chi connectivity index (χ2n) is 4.11. The lowest BCUT2D eigenvalue weighted by Crippen LogP contribution is -2.39. The van der Waals surface area contributed by atoms with Crippen LogP contribution in [-0.2, 0) is 14.9 Å². The third-order valence-electron chi connectivity index (χ3n) is 2.19. The minimum atomic E-state index is -0.971. The fraction of sp³-hybridized carbons (Fsp3) is 0.462. The molecule has 1 aromatic carbocycles. The molecule has 3 nitrogen and oxygen atoms in total. The van der Waals surface area contributed by atoms with E-state index in [1.807, 2.05) is 24.3 Å². The Hall–Kier alpha value is -1.03. The minimum absolute atomic E-state index is 0.354.